The van der Waals surface area contributed by atoms with Gasteiger partial charge in [0, 0.05) is 12.2 Å². The van der Waals surface area contributed by atoms with Crippen LogP contribution in [0.4, 0.5) is 0 Å². The third kappa shape index (κ3) is 3.67. The van der Waals surface area contributed by atoms with Crippen LogP contribution in [0, 0.1) is 0 Å². The van der Waals surface area contributed by atoms with Gasteiger partial charge in [0.05, 0.1) is 6.10 Å². The third-order valence-corrected chi connectivity index (χ3v) is 3.28. The van der Waals surface area contributed by atoms with Crippen LogP contribution in [0.25, 0.3) is 0 Å². The van der Waals surface area contributed by atoms with Gasteiger partial charge in [0.2, 0.25) is 0 Å². The molecule has 0 aliphatic carbocycles. The number of benzene rings is 1. The summed E-state index contributed by atoms with van der Waals surface area (Å²) < 4.78 is 11.4. The Morgan fingerprint density at radius 2 is 2.42 bits per heavy atom. The molecule has 1 aliphatic heterocycles. The molecule has 1 heterocycles. The van der Waals surface area contributed by atoms with Crippen molar-refractivity contribution >= 4 is 5.78 Å². The molecule has 3 nitrogen and oxygen atoms in total. The van der Waals surface area contributed by atoms with E-state index in [9.17, 15) is 4.79 Å². The second kappa shape index (κ2) is 6.53. The molecule has 0 aromatic heterocycles. The Hall–Kier alpha value is -1.61. The molecule has 0 spiro atoms. The van der Waals surface area contributed by atoms with Crippen molar-refractivity contribution in [2.75, 3.05) is 13.2 Å². The summed E-state index contributed by atoms with van der Waals surface area (Å²) >= 11 is 0. The maximum Gasteiger partial charge on any atom is 0.159 e. The summed E-state index contributed by atoms with van der Waals surface area (Å²) in [4.78, 5) is 11.4. The first-order chi connectivity index (χ1) is 9.20. The number of Topliss-reactive ketones (excluding diaryl/α,β-unsaturated/α-hetero) is 1. The molecular weight excluding hydrogens is 240 g/mol. The molecule has 0 amide bonds. The summed E-state index contributed by atoms with van der Waals surface area (Å²) in [5.41, 5.74) is 1.71. The van der Waals surface area contributed by atoms with Crippen molar-refractivity contribution in [3.8, 4) is 5.75 Å². The summed E-state index contributed by atoms with van der Waals surface area (Å²) in [6, 6.07) is 5.55. The second-order valence-corrected chi connectivity index (χ2v) is 4.82. The van der Waals surface area contributed by atoms with Crippen LogP contribution in [0.15, 0.2) is 30.9 Å². The van der Waals surface area contributed by atoms with Crippen LogP contribution in [-0.2, 0) is 11.2 Å². The van der Waals surface area contributed by atoms with Crippen molar-refractivity contribution in [2.24, 2.45) is 0 Å². The lowest BCUT2D eigenvalue weighted by molar-refractivity contribution is 0.0676. The molecular formula is C16H20O3. The summed E-state index contributed by atoms with van der Waals surface area (Å²) in [5, 5.41) is 0. The highest BCUT2D eigenvalue weighted by molar-refractivity contribution is 5.94. The van der Waals surface area contributed by atoms with Crippen LogP contribution in [0.2, 0.25) is 0 Å². The lowest BCUT2D eigenvalue weighted by Crippen LogP contribution is -2.17. The molecule has 1 atom stereocenters. The van der Waals surface area contributed by atoms with Crippen molar-refractivity contribution in [2.45, 2.75) is 32.3 Å². The van der Waals surface area contributed by atoms with Gasteiger partial charge in [-0.1, -0.05) is 6.08 Å². The number of ether oxygens (including phenoxy) is 2. The minimum absolute atomic E-state index is 0.0657. The number of rotatable bonds is 6. The molecule has 1 unspecified atom stereocenters. The molecule has 1 aliphatic rings. The van der Waals surface area contributed by atoms with Crippen LogP contribution in [0.1, 0.15) is 35.7 Å². The molecule has 0 radical (unpaired) electrons. The number of hydrogen-bond donors (Lipinski definition) is 0. The Morgan fingerprint density at radius 3 is 3.05 bits per heavy atom. The maximum atomic E-state index is 11.4. The van der Waals surface area contributed by atoms with Crippen LogP contribution in [0.3, 0.4) is 0 Å². The minimum atomic E-state index is 0.0657. The van der Waals surface area contributed by atoms with Crippen molar-refractivity contribution in [3.05, 3.63) is 42.0 Å². The van der Waals surface area contributed by atoms with Crippen molar-refractivity contribution in [1.82, 2.24) is 0 Å². The van der Waals surface area contributed by atoms with E-state index in [0.717, 1.165) is 30.8 Å². The van der Waals surface area contributed by atoms with Gasteiger partial charge < -0.3 is 9.47 Å². The van der Waals surface area contributed by atoms with Gasteiger partial charge in [-0.3, -0.25) is 4.79 Å². The van der Waals surface area contributed by atoms with Gasteiger partial charge in [-0.25, -0.2) is 0 Å². The van der Waals surface area contributed by atoms with Gasteiger partial charge >= 0.3 is 0 Å². The van der Waals surface area contributed by atoms with E-state index < -0.39 is 0 Å². The van der Waals surface area contributed by atoms with E-state index in [1.165, 1.54) is 0 Å². The van der Waals surface area contributed by atoms with Crippen molar-refractivity contribution in [3.63, 3.8) is 0 Å². The quantitative estimate of drug-likeness (QED) is 0.582. The fraction of sp³-hybridized carbons (Fsp3) is 0.438. The second-order valence-electron chi connectivity index (χ2n) is 4.82. The Bertz CT molecular complexity index is 459. The van der Waals surface area contributed by atoms with Crippen LogP contribution in [-0.4, -0.2) is 25.1 Å². The van der Waals surface area contributed by atoms with E-state index >= 15 is 0 Å². The number of carbonyl (C=O) groups excluding carboxylic acids is 1. The van der Waals surface area contributed by atoms with E-state index in [4.69, 9.17) is 9.47 Å². The topological polar surface area (TPSA) is 35.5 Å². The first kappa shape index (κ1) is 13.8. The lowest BCUT2D eigenvalue weighted by atomic mass is 10.0. The van der Waals surface area contributed by atoms with Crippen LogP contribution in [0.5, 0.6) is 5.75 Å². The van der Waals surface area contributed by atoms with E-state index in [2.05, 4.69) is 6.58 Å². The van der Waals surface area contributed by atoms with Gasteiger partial charge in [-0.05, 0) is 49.9 Å². The molecule has 2 rings (SSSR count). The largest absolute Gasteiger partial charge is 0.491 e. The van der Waals surface area contributed by atoms with Gasteiger partial charge in [0.1, 0.15) is 12.4 Å². The molecule has 19 heavy (non-hydrogen) atoms. The zero-order valence-corrected chi connectivity index (χ0v) is 11.4. The van der Waals surface area contributed by atoms with E-state index in [-0.39, 0.29) is 11.9 Å². The highest BCUT2D eigenvalue weighted by Gasteiger charge is 2.17. The molecule has 0 bridgehead atoms. The summed E-state index contributed by atoms with van der Waals surface area (Å²) in [7, 11) is 0. The Kier molecular flexibility index (Phi) is 4.74. The number of hydrogen-bond acceptors (Lipinski definition) is 3. The van der Waals surface area contributed by atoms with Crippen molar-refractivity contribution < 1.29 is 14.3 Å². The van der Waals surface area contributed by atoms with Crippen LogP contribution >= 0.6 is 0 Å². The van der Waals surface area contributed by atoms with Gasteiger partial charge in [-0.15, -0.1) is 6.58 Å². The Balaban J connectivity index is 2.08. The highest BCUT2D eigenvalue weighted by atomic mass is 16.5. The molecule has 1 saturated heterocycles. The average molecular weight is 260 g/mol. The standard InChI is InChI=1S/C16H20O3/c1-3-5-14-10-13(12(2)17)7-8-16(14)19-11-15-6-4-9-18-15/h3,7-8,10,15H,1,4-6,9,11H2,2H3. The first-order valence-electron chi connectivity index (χ1n) is 6.70. The SMILES string of the molecule is C=CCc1cc(C(C)=O)ccc1OCC1CCCO1. The van der Waals surface area contributed by atoms with Crippen molar-refractivity contribution in [1.29, 1.82) is 0 Å². The normalized spacial score (nSPS) is 18.3. The summed E-state index contributed by atoms with van der Waals surface area (Å²) in [5.74, 6) is 0.886. The highest BCUT2D eigenvalue weighted by Crippen LogP contribution is 2.23. The maximum absolute atomic E-state index is 11.4. The van der Waals surface area contributed by atoms with E-state index in [1.807, 2.05) is 18.2 Å². The smallest absolute Gasteiger partial charge is 0.159 e. The first-order valence-corrected chi connectivity index (χ1v) is 6.70. The molecule has 1 aromatic carbocycles. The molecule has 1 fully saturated rings. The Labute approximate surface area is 114 Å². The molecule has 3 heteroatoms. The number of carbonyl (C=O) groups is 1. The fourth-order valence-electron chi connectivity index (χ4n) is 2.21. The monoisotopic (exact) mass is 260 g/mol. The summed E-state index contributed by atoms with van der Waals surface area (Å²) in [6.07, 6.45) is 4.88. The predicted octanol–water partition coefficient (Wildman–Crippen LogP) is 3.18. The number of ketones is 1. The van der Waals surface area contributed by atoms with Gasteiger partial charge in [-0.2, -0.15) is 0 Å². The fourth-order valence-corrected chi connectivity index (χ4v) is 2.21. The van der Waals surface area contributed by atoms with Gasteiger partial charge in [0.25, 0.3) is 0 Å². The lowest BCUT2D eigenvalue weighted by Gasteiger charge is -2.14. The predicted molar refractivity (Wildman–Crippen MR) is 74.8 cm³/mol. The molecule has 102 valence electrons. The van der Waals surface area contributed by atoms with E-state index in [1.54, 1.807) is 13.0 Å². The van der Waals surface area contributed by atoms with E-state index in [0.29, 0.717) is 18.6 Å². The third-order valence-electron chi connectivity index (χ3n) is 3.28. The van der Waals surface area contributed by atoms with Crippen LogP contribution < -0.4 is 4.74 Å². The zero-order valence-electron chi connectivity index (χ0n) is 11.4. The molecule has 1 aromatic rings. The molecule has 0 saturated carbocycles. The number of allylic oxidation sites excluding steroid dienone is 1. The zero-order chi connectivity index (χ0) is 13.7. The Morgan fingerprint density at radius 1 is 1.58 bits per heavy atom. The average Bonchev–Trinajstić information content (AvgIpc) is 2.90. The summed E-state index contributed by atoms with van der Waals surface area (Å²) in [6.45, 7) is 6.72. The molecule has 0 N–H and O–H groups in total. The van der Waals surface area contributed by atoms with Gasteiger partial charge in [0.15, 0.2) is 5.78 Å². The minimum Gasteiger partial charge on any atom is -0.491 e.